The lowest BCUT2D eigenvalue weighted by molar-refractivity contribution is 0.802. The van der Waals surface area contributed by atoms with Crippen molar-refractivity contribution in [3.63, 3.8) is 0 Å². The zero-order valence-corrected chi connectivity index (χ0v) is 9.85. The second kappa shape index (κ2) is 5.46. The van der Waals surface area contributed by atoms with Gasteiger partial charge >= 0.3 is 0 Å². The minimum absolute atomic E-state index is 0.410. The van der Waals surface area contributed by atoms with Crippen molar-refractivity contribution in [2.45, 2.75) is 19.3 Å². The summed E-state index contributed by atoms with van der Waals surface area (Å²) in [4.78, 5) is 0. The Balaban J connectivity index is 2.97. The summed E-state index contributed by atoms with van der Waals surface area (Å²) >= 11 is 9.11. The molecule has 0 aliphatic carbocycles. The van der Waals surface area contributed by atoms with E-state index in [0.717, 1.165) is 10.9 Å². The summed E-state index contributed by atoms with van der Waals surface area (Å²) in [5, 5.41) is 0. The van der Waals surface area contributed by atoms with Crippen LogP contribution >= 0.6 is 27.5 Å². The van der Waals surface area contributed by atoms with Crippen molar-refractivity contribution in [2.24, 2.45) is 0 Å². The predicted octanol–water partition coefficient (Wildman–Crippen LogP) is 4.70. The molecule has 1 rings (SSSR count). The van der Waals surface area contributed by atoms with E-state index in [0.29, 0.717) is 5.92 Å². The molecule has 0 aliphatic rings. The first-order valence-corrected chi connectivity index (χ1v) is 5.53. The molecule has 1 aromatic rings. The third kappa shape index (κ3) is 2.85. The molecular weight excluding hydrogens is 247 g/mol. The second-order valence-electron chi connectivity index (χ2n) is 2.85. The largest absolute Gasteiger partial charge is 0.0933 e. The quantitative estimate of drug-likeness (QED) is 0.738. The molecule has 0 amide bonds. The second-order valence-corrected chi connectivity index (χ2v) is 3.96. The van der Waals surface area contributed by atoms with Gasteiger partial charge in [-0.3, -0.25) is 0 Å². The average molecular weight is 260 g/mol. The summed E-state index contributed by atoms with van der Waals surface area (Å²) < 4.78 is 1.15. The fraction of sp³-hybridized carbons (Fsp3) is 0.273. The van der Waals surface area contributed by atoms with Crippen LogP contribution in [-0.4, -0.2) is 0 Å². The zero-order valence-electron chi connectivity index (χ0n) is 7.50. The number of halogens is 2. The van der Waals surface area contributed by atoms with Gasteiger partial charge in [-0.1, -0.05) is 58.7 Å². The van der Waals surface area contributed by atoms with Gasteiger partial charge in [0.2, 0.25) is 0 Å². The Morgan fingerprint density at radius 1 is 1.46 bits per heavy atom. The fourth-order valence-corrected chi connectivity index (χ4v) is 2.08. The van der Waals surface area contributed by atoms with E-state index in [-0.39, 0.29) is 0 Å². The topological polar surface area (TPSA) is 0 Å². The van der Waals surface area contributed by atoms with Crippen molar-refractivity contribution in [2.75, 3.05) is 0 Å². The third-order valence-corrected chi connectivity index (χ3v) is 2.92. The normalized spacial score (nSPS) is 13.5. The molecular formula is C11H12BrCl. The molecule has 2 heteroatoms. The average Bonchev–Trinajstić information content (AvgIpc) is 2.16. The standard InChI is InChI=1S/C11H12BrCl/c1-2-9(7-8-13)10-5-3-4-6-11(10)12/h3-9H,2H2,1H3/b8-7-/t9-/m0/s1. The third-order valence-electron chi connectivity index (χ3n) is 2.05. The first kappa shape index (κ1) is 10.8. The van der Waals surface area contributed by atoms with Gasteiger partial charge in [-0.05, 0) is 18.1 Å². The van der Waals surface area contributed by atoms with E-state index < -0.39 is 0 Å². The van der Waals surface area contributed by atoms with E-state index in [2.05, 4.69) is 35.0 Å². The van der Waals surface area contributed by atoms with E-state index in [1.165, 1.54) is 5.56 Å². The van der Waals surface area contributed by atoms with Gasteiger partial charge in [-0.2, -0.15) is 0 Å². The van der Waals surface area contributed by atoms with Crippen molar-refractivity contribution in [1.82, 2.24) is 0 Å². The van der Waals surface area contributed by atoms with E-state index in [1.807, 2.05) is 18.2 Å². The Labute approximate surface area is 92.7 Å². The van der Waals surface area contributed by atoms with Gasteiger partial charge in [0.1, 0.15) is 0 Å². The number of hydrogen-bond donors (Lipinski definition) is 0. The number of allylic oxidation sites excluding steroid dienone is 1. The fourth-order valence-electron chi connectivity index (χ4n) is 1.32. The maximum absolute atomic E-state index is 5.58. The van der Waals surface area contributed by atoms with Crippen LogP contribution < -0.4 is 0 Å². The van der Waals surface area contributed by atoms with Crippen LogP contribution in [0, 0.1) is 0 Å². The minimum atomic E-state index is 0.410. The predicted molar refractivity (Wildman–Crippen MR) is 62.2 cm³/mol. The van der Waals surface area contributed by atoms with E-state index in [4.69, 9.17) is 11.6 Å². The van der Waals surface area contributed by atoms with Crippen LogP contribution in [0.3, 0.4) is 0 Å². The van der Waals surface area contributed by atoms with Crippen molar-refractivity contribution >= 4 is 27.5 Å². The number of rotatable bonds is 3. The Kier molecular flexibility index (Phi) is 4.54. The van der Waals surface area contributed by atoms with Crippen molar-refractivity contribution in [3.8, 4) is 0 Å². The lowest BCUT2D eigenvalue weighted by atomic mass is 9.97. The summed E-state index contributed by atoms with van der Waals surface area (Å²) in [5.74, 6) is 0.410. The van der Waals surface area contributed by atoms with Crippen molar-refractivity contribution < 1.29 is 0 Å². The Morgan fingerprint density at radius 3 is 2.69 bits per heavy atom. The first-order chi connectivity index (χ1) is 6.29. The molecule has 70 valence electrons. The Bertz CT molecular complexity index is 294. The highest BCUT2D eigenvalue weighted by atomic mass is 79.9. The first-order valence-electron chi connectivity index (χ1n) is 4.31. The Morgan fingerprint density at radius 2 is 2.15 bits per heavy atom. The molecule has 13 heavy (non-hydrogen) atoms. The summed E-state index contributed by atoms with van der Waals surface area (Å²) in [6, 6.07) is 8.24. The van der Waals surface area contributed by atoms with E-state index >= 15 is 0 Å². The van der Waals surface area contributed by atoms with Crippen LogP contribution in [0.2, 0.25) is 0 Å². The van der Waals surface area contributed by atoms with E-state index in [1.54, 1.807) is 5.54 Å². The van der Waals surface area contributed by atoms with Crippen LogP contribution in [0.25, 0.3) is 0 Å². The molecule has 0 fully saturated rings. The number of benzene rings is 1. The molecule has 0 nitrogen and oxygen atoms in total. The molecule has 0 bridgehead atoms. The molecule has 0 spiro atoms. The SMILES string of the molecule is CC[C@@H](/C=C\Cl)c1ccccc1Br. The highest BCUT2D eigenvalue weighted by Gasteiger charge is 2.07. The highest BCUT2D eigenvalue weighted by molar-refractivity contribution is 9.10. The molecule has 0 aromatic heterocycles. The van der Waals surface area contributed by atoms with Crippen molar-refractivity contribution in [3.05, 3.63) is 45.9 Å². The monoisotopic (exact) mass is 258 g/mol. The van der Waals surface area contributed by atoms with Crippen LogP contribution in [0.1, 0.15) is 24.8 Å². The van der Waals surface area contributed by atoms with Crippen LogP contribution in [0.4, 0.5) is 0 Å². The van der Waals surface area contributed by atoms with Crippen LogP contribution in [-0.2, 0) is 0 Å². The summed E-state index contributed by atoms with van der Waals surface area (Å²) in [5.41, 5.74) is 2.88. The summed E-state index contributed by atoms with van der Waals surface area (Å²) in [6.45, 7) is 2.15. The van der Waals surface area contributed by atoms with Gasteiger partial charge in [-0.25, -0.2) is 0 Å². The van der Waals surface area contributed by atoms with Gasteiger partial charge in [0, 0.05) is 15.9 Å². The molecule has 0 unspecified atom stereocenters. The van der Waals surface area contributed by atoms with Crippen LogP contribution in [0.5, 0.6) is 0 Å². The van der Waals surface area contributed by atoms with Gasteiger partial charge in [0.15, 0.2) is 0 Å². The zero-order chi connectivity index (χ0) is 9.68. The molecule has 0 heterocycles. The molecule has 0 N–H and O–H groups in total. The maximum atomic E-state index is 5.58. The Hall–Kier alpha value is -0.270. The molecule has 1 atom stereocenters. The lowest BCUT2D eigenvalue weighted by Crippen LogP contribution is -1.93. The minimum Gasteiger partial charge on any atom is -0.0933 e. The summed E-state index contributed by atoms with van der Waals surface area (Å²) in [7, 11) is 0. The van der Waals surface area contributed by atoms with Crippen molar-refractivity contribution in [1.29, 1.82) is 0 Å². The van der Waals surface area contributed by atoms with Gasteiger partial charge in [0.25, 0.3) is 0 Å². The number of hydrogen-bond acceptors (Lipinski definition) is 0. The molecule has 1 aromatic carbocycles. The van der Waals surface area contributed by atoms with E-state index in [9.17, 15) is 0 Å². The van der Waals surface area contributed by atoms with Gasteiger partial charge < -0.3 is 0 Å². The maximum Gasteiger partial charge on any atom is 0.0213 e. The van der Waals surface area contributed by atoms with Gasteiger partial charge in [0.05, 0.1) is 0 Å². The van der Waals surface area contributed by atoms with Gasteiger partial charge in [-0.15, -0.1) is 0 Å². The molecule has 0 saturated heterocycles. The molecule has 0 radical (unpaired) electrons. The van der Waals surface area contributed by atoms with Crippen LogP contribution in [0.15, 0.2) is 40.3 Å². The lowest BCUT2D eigenvalue weighted by Gasteiger charge is -2.11. The highest BCUT2D eigenvalue weighted by Crippen LogP contribution is 2.28. The smallest absolute Gasteiger partial charge is 0.0213 e. The summed E-state index contributed by atoms with van der Waals surface area (Å²) in [6.07, 6.45) is 3.08. The molecule has 0 aliphatic heterocycles. The molecule has 0 saturated carbocycles.